The van der Waals surface area contributed by atoms with Gasteiger partial charge in [0.2, 0.25) is 0 Å². The van der Waals surface area contributed by atoms with Crippen molar-refractivity contribution < 1.29 is 28.8 Å². The molecule has 0 aromatic heterocycles. The molecule has 0 amide bonds. The van der Waals surface area contributed by atoms with Gasteiger partial charge in [-0.05, 0) is 116 Å². The Labute approximate surface area is 219 Å². The van der Waals surface area contributed by atoms with Crippen LogP contribution in [0.5, 0.6) is 0 Å². The van der Waals surface area contributed by atoms with E-state index in [0.717, 1.165) is 38.5 Å². The molecule has 4 saturated heterocycles. The van der Waals surface area contributed by atoms with Crippen molar-refractivity contribution >= 4 is 20.8 Å². The standard InChI is InChI=1S/C27H46O7S2/c1-18(2)6-5-7-19-17-32-35(28,29)34-36(30,31)33-21-12-14-26(3)20(16-21)8-9-22-24-11-10-23(19)27(24,4)15-13-25(22)26/h18-25H,5-17H2,1-4H3/t19-,20-,21-,22-,23+,24-,25-,26-,27+/m0/s1. The van der Waals surface area contributed by atoms with Crippen LogP contribution < -0.4 is 0 Å². The first kappa shape index (κ1) is 27.4. The van der Waals surface area contributed by atoms with Crippen LogP contribution in [-0.4, -0.2) is 29.5 Å². The van der Waals surface area contributed by atoms with Crippen LogP contribution in [0.15, 0.2) is 0 Å². The Hall–Kier alpha value is -0.220. The highest BCUT2D eigenvalue weighted by Gasteiger charge is 2.61. The van der Waals surface area contributed by atoms with Gasteiger partial charge in [-0.25, -0.2) is 8.37 Å². The normalized spacial score (nSPS) is 48.0. The number of hydrogen-bond acceptors (Lipinski definition) is 7. The van der Waals surface area contributed by atoms with Crippen molar-refractivity contribution in [3.63, 3.8) is 0 Å². The molecule has 0 aromatic carbocycles. The second kappa shape index (κ2) is 9.76. The average Bonchev–Trinajstić information content (AvgIpc) is 3.11. The van der Waals surface area contributed by atoms with Gasteiger partial charge in [-0.3, -0.25) is 0 Å². The Balaban J connectivity index is 1.49. The topological polar surface area (TPSA) is 96.0 Å². The first-order valence-corrected chi connectivity index (χ1v) is 17.0. The monoisotopic (exact) mass is 546 g/mol. The minimum absolute atomic E-state index is 0.0275. The molecular formula is C27H46O7S2. The summed E-state index contributed by atoms with van der Waals surface area (Å²) in [5.74, 6) is 3.52. The highest BCUT2D eigenvalue weighted by Crippen LogP contribution is 2.68. The molecule has 0 spiro atoms. The van der Waals surface area contributed by atoms with Gasteiger partial charge in [0.15, 0.2) is 0 Å². The number of rotatable bonds is 4. The Kier molecular flexibility index (Phi) is 7.41. The summed E-state index contributed by atoms with van der Waals surface area (Å²) in [6.07, 6.45) is 11.7. The van der Waals surface area contributed by atoms with Gasteiger partial charge in [0.05, 0.1) is 12.7 Å². The van der Waals surface area contributed by atoms with Crippen LogP contribution in [-0.2, 0) is 32.8 Å². The van der Waals surface area contributed by atoms with Crippen LogP contribution in [0.25, 0.3) is 0 Å². The smallest absolute Gasteiger partial charge is 0.247 e. The molecule has 0 radical (unpaired) electrons. The molecule has 4 heterocycles. The predicted octanol–water partition coefficient (Wildman–Crippen LogP) is 6.01. The highest BCUT2D eigenvalue weighted by atomic mass is 32.3. The average molecular weight is 547 g/mol. The fourth-order valence-corrected chi connectivity index (χ4v) is 11.7. The van der Waals surface area contributed by atoms with Crippen molar-refractivity contribution in [2.24, 2.45) is 52.3 Å². The molecule has 9 atom stereocenters. The summed E-state index contributed by atoms with van der Waals surface area (Å²) in [5, 5.41) is 0. The van der Waals surface area contributed by atoms with Crippen LogP contribution in [0.4, 0.5) is 0 Å². The van der Waals surface area contributed by atoms with Crippen molar-refractivity contribution in [1.82, 2.24) is 0 Å². The van der Waals surface area contributed by atoms with Gasteiger partial charge < -0.3 is 0 Å². The van der Waals surface area contributed by atoms with Crippen LogP contribution in [0.2, 0.25) is 0 Å². The molecule has 4 aliphatic carbocycles. The molecule has 208 valence electrons. The van der Waals surface area contributed by atoms with Crippen LogP contribution in [0.1, 0.15) is 105 Å². The molecule has 8 rings (SSSR count). The van der Waals surface area contributed by atoms with Gasteiger partial charge in [0.25, 0.3) is 0 Å². The van der Waals surface area contributed by atoms with E-state index < -0.39 is 26.9 Å². The molecule has 0 N–H and O–H groups in total. The Morgan fingerprint density at radius 2 is 1.53 bits per heavy atom. The van der Waals surface area contributed by atoms with E-state index in [1.165, 1.54) is 25.7 Å². The molecule has 36 heavy (non-hydrogen) atoms. The van der Waals surface area contributed by atoms with Crippen LogP contribution in [0, 0.1) is 52.3 Å². The summed E-state index contributed by atoms with van der Waals surface area (Å²) in [4.78, 5) is 0. The van der Waals surface area contributed by atoms with E-state index in [1.54, 1.807) is 0 Å². The van der Waals surface area contributed by atoms with Gasteiger partial charge in [-0.2, -0.15) is 16.8 Å². The fourth-order valence-electron chi connectivity index (χ4n) is 9.79. The minimum Gasteiger partial charge on any atom is -0.247 e. The third-order valence-corrected chi connectivity index (χ3v) is 13.7. The summed E-state index contributed by atoms with van der Waals surface area (Å²) in [7, 11) is -9.46. The van der Waals surface area contributed by atoms with Gasteiger partial charge in [-0.15, -0.1) is 3.63 Å². The summed E-state index contributed by atoms with van der Waals surface area (Å²) >= 11 is 0. The Bertz CT molecular complexity index is 1020. The zero-order valence-electron chi connectivity index (χ0n) is 22.5. The molecule has 0 unspecified atom stereocenters. The third-order valence-electron chi connectivity index (χ3n) is 11.5. The molecule has 8 fully saturated rings. The third kappa shape index (κ3) is 5.05. The van der Waals surface area contributed by atoms with E-state index in [0.29, 0.717) is 48.3 Å². The maximum absolute atomic E-state index is 12.6. The molecule has 4 saturated carbocycles. The van der Waals surface area contributed by atoms with E-state index >= 15 is 0 Å². The lowest BCUT2D eigenvalue weighted by atomic mass is 9.44. The second-order valence-corrected chi connectivity index (χ2v) is 16.2. The van der Waals surface area contributed by atoms with E-state index in [9.17, 15) is 16.8 Å². The molecular weight excluding hydrogens is 500 g/mol. The van der Waals surface area contributed by atoms with Crippen molar-refractivity contribution in [2.75, 3.05) is 6.61 Å². The van der Waals surface area contributed by atoms with Crippen LogP contribution in [0.3, 0.4) is 0 Å². The largest absolute Gasteiger partial charge is 0.416 e. The lowest BCUT2D eigenvalue weighted by Gasteiger charge is -2.61. The van der Waals surface area contributed by atoms with Gasteiger partial charge in [-0.1, -0.05) is 40.5 Å². The molecule has 7 nitrogen and oxygen atoms in total. The summed E-state index contributed by atoms with van der Waals surface area (Å²) in [6, 6.07) is 0. The SMILES string of the molecule is CC(C)CCC[C@H]1COS(=O)(=O)OS(=O)(=O)O[C@H]2CC[C@@]3(C)[C@@H](CC[C@@H]4[C@@H]3CC[C@]3(C)[C@@H]1CC[C@@H]43)C2. The molecule has 4 aliphatic heterocycles. The number of hydrogen-bond donors (Lipinski definition) is 0. The van der Waals surface area contributed by atoms with E-state index in [1.807, 2.05) is 0 Å². The lowest BCUT2D eigenvalue weighted by Crippen LogP contribution is -2.54. The van der Waals surface area contributed by atoms with E-state index in [2.05, 4.69) is 31.3 Å². The first-order chi connectivity index (χ1) is 16.8. The highest BCUT2D eigenvalue weighted by molar-refractivity contribution is 7.95. The predicted molar refractivity (Wildman–Crippen MR) is 137 cm³/mol. The summed E-state index contributed by atoms with van der Waals surface area (Å²) in [6.45, 7) is 9.30. The van der Waals surface area contributed by atoms with Gasteiger partial charge in [0, 0.05) is 0 Å². The maximum atomic E-state index is 12.6. The van der Waals surface area contributed by atoms with Crippen LogP contribution >= 0.6 is 0 Å². The van der Waals surface area contributed by atoms with Crippen molar-refractivity contribution in [3.05, 3.63) is 0 Å². The van der Waals surface area contributed by atoms with Crippen molar-refractivity contribution in [1.29, 1.82) is 0 Å². The van der Waals surface area contributed by atoms with Gasteiger partial charge >= 0.3 is 20.8 Å². The minimum atomic E-state index is -4.74. The molecule has 8 aliphatic rings. The summed E-state index contributed by atoms with van der Waals surface area (Å²) < 4.78 is 65.6. The van der Waals surface area contributed by atoms with Crippen molar-refractivity contribution in [3.8, 4) is 0 Å². The zero-order chi connectivity index (χ0) is 25.9. The van der Waals surface area contributed by atoms with Gasteiger partial charge in [0.1, 0.15) is 0 Å². The molecule has 8 bridgehead atoms. The van der Waals surface area contributed by atoms with E-state index in [-0.39, 0.29) is 23.4 Å². The lowest BCUT2D eigenvalue weighted by molar-refractivity contribution is -0.128. The zero-order valence-corrected chi connectivity index (χ0v) is 24.1. The first-order valence-electron chi connectivity index (χ1n) is 14.4. The summed E-state index contributed by atoms with van der Waals surface area (Å²) in [5.41, 5.74) is 0.389. The Morgan fingerprint density at radius 1 is 0.833 bits per heavy atom. The molecule has 0 aromatic rings. The maximum Gasteiger partial charge on any atom is 0.416 e. The van der Waals surface area contributed by atoms with E-state index in [4.69, 9.17) is 8.37 Å². The quantitative estimate of drug-likeness (QED) is 0.426. The second-order valence-electron chi connectivity index (χ2n) is 13.6. The van der Waals surface area contributed by atoms with Crippen molar-refractivity contribution in [2.45, 2.75) is 111 Å². The fraction of sp³-hybridized carbons (Fsp3) is 1.00. The Morgan fingerprint density at radius 3 is 2.28 bits per heavy atom. The molecule has 9 heteroatoms.